The van der Waals surface area contributed by atoms with E-state index in [2.05, 4.69) is 15.5 Å². The van der Waals surface area contributed by atoms with E-state index in [0.29, 0.717) is 6.42 Å². The van der Waals surface area contributed by atoms with Crippen LogP contribution in [0.3, 0.4) is 0 Å². The Kier molecular flexibility index (Phi) is 3.79. The summed E-state index contributed by atoms with van der Waals surface area (Å²) in [5, 5.41) is 19.4. The summed E-state index contributed by atoms with van der Waals surface area (Å²) in [4.78, 5) is 0. The van der Waals surface area contributed by atoms with Crippen LogP contribution in [0.15, 0.2) is 24.3 Å². The van der Waals surface area contributed by atoms with Crippen molar-refractivity contribution < 1.29 is 18.3 Å². The molecular formula is C11H11F3N4O. The van der Waals surface area contributed by atoms with Crippen molar-refractivity contribution in [2.75, 3.05) is 6.61 Å². The van der Waals surface area contributed by atoms with Crippen molar-refractivity contribution in [3.63, 3.8) is 0 Å². The zero-order valence-corrected chi connectivity index (χ0v) is 9.80. The van der Waals surface area contributed by atoms with Crippen LogP contribution in [0.2, 0.25) is 0 Å². The highest BCUT2D eigenvalue weighted by molar-refractivity contribution is 5.60. The van der Waals surface area contributed by atoms with E-state index in [9.17, 15) is 13.2 Å². The molecule has 2 rings (SSSR count). The van der Waals surface area contributed by atoms with Gasteiger partial charge in [0.2, 0.25) is 0 Å². The van der Waals surface area contributed by atoms with E-state index in [0.717, 1.165) is 6.07 Å². The highest BCUT2D eigenvalue weighted by atomic mass is 19.4. The van der Waals surface area contributed by atoms with Gasteiger partial charge in [0.25, 0.3) is 0 Å². The summed E-state index contributed by atoms with van der Waals surface area (Å²) in [5.41, 5.74) is -0.854. The average Bonchev–Trinajstić information content (AvgIpc) is 2.83. The lowest BCUT2D eigenvalue weighted by molar-refractivity contribution is -0.137. The molecular weight excluding hydrogens is 261 g/mol. The average molecular weight is 272 g/mol. The highest BCUT2D eigenvalue weighted by Crippen LogP contribution is 2.35. The number of nitrogens with zero attached hydrogens (tertiary/aromatic N) is 4. The second-order valence-corrected chi connectivity index (χ2v) is 3.85. The number of aromatic nitrogens is 4. The van der Waals surface area contributed by atoms with Crippen LogP contribution >= 0.6 is 0 Å². The van der Waals surface area contributed by atoms with Gasteiger partial charge in [0, 0.05) is 18.7 Å². The number of halogens is 3. The number of aryl methyl sites for hydroxylation is 1. The molecule has 0 saturated heterocycles. The summed E-state index contributed by atoms with van der Waals surface area (Å²) in [6.45, 7) is 0.172. The first-order valence-corrected chi connectivity index (χ1v) is 5.57. The lowest BCUT2D eigenvalue weighted by Gasteiger charge is -2.12. The molecule has 102 valence electrons. The Balaban J connectivity index is 2.45. The number of tetrazole rings is 1. The van der Waals surface area contributed by atoms with Gasteiger partial charge in [-0.2, -0.15) is 13.2 Å². The first-order chi connectivity index (χ1) is 9.04. The summed E-state index contributed by atoms with van der Waals surface area (Å²) < 4.78 is 40.0. The number of aliphatic hydroxyl groups excluding tert-OH is 1. The molecule has 19 heavy (non-hydrogen) atoms. The lowest BCUT2D eigenvalue weighted by atomic mass is 10.1. The van der Waals surface area contributed by atoms with Crippen LogP contribution in [0.1, 0.15) is 12.0 Å². The van der Waals surface area contributed by atoms with Crippen LogP contribution in [0.4, 0.5) is 13.2 Å². The van der Waals surface area contributed by atoms with Gasteiger partial charge in [-0.1, -0.05) is 18.2 Å². The monoisotopic (exact) mass is 272 g/mol. The minimum Gasteiger partial charge on any atom is -0.396 e. The zero-order valence-electron chi connectivity index (χ0n) is 9.80. The molecule has 0 atom stereocenters. The largest absolute Gasteiger partial charge is 0.417 e. The van der Waals surface area contributed by atoms with Gasteiger partial charge in [-0.25, -0.2) is 4.68 Å². The smallest absolute Gasteiger partial charge is 0.396 e. The quantitative estimate of drug-likeness (QED) is 0.920. The minimum atomic E-state index is -4.47. The van der Waals surface area contributed by atoms with E-state index in [-0.39, 0.29) is 24.5 Å². The summed E-state index contributed by atoms with van der Waals surface area (Å²) in [6.07, 6.45) is -4.10. The van der Waals surface area contributed by atoms with Gasteiger partial charge in [-0.3, -0.25) is 0 Å². The molecule has 0 radical (unpaired) electrons. The molecule has 0 bridgehead atoms. The predicted molar refractivity (Wildman–Crippen MR) is 60.0 cm³/mol. The Morgan fingerprint density at radius 3 is 2.63 bits per heavy atom. The third-order valence-electron chi connectivity index (χ3n) is 2.53. The third-order valence-corrected chi connectivity index (χ3v) is 2.53. The van der Waals surface area contributed by atoms with Gasteiger partial charge in [0.1, 0.15) is 0 Å². The second kappa shape index (κ2) is 5.35. The van der Waals surface area contributed by atoms with Gasteiger partial charge < -0.3 is 5.11 Å². The Morgan fingerprint density at radius 2 is 1.95 bits per heavy atom. The first-order valence-electron chi connectivity index (χ1n) is 5.57. The van der Waals surface area contributed by atoms with Gasteiger partial charge in [-0.15, -0.1) is 5.10 Å². The Hall–Kier alpha value is -1.96. The molecule has 1 aromatic heterocycles. The van der Waals surface area contributed by atoms with E-state index < -0.39 is 11.7 Å². The highest BCUT2D eigenvalue weighted by Gasteiger charge is 2.34. The van der Waals surface area contributed by atoms with E-state index in [1.54, 1.807) is 0 Å². The molecule has 0 amide bonds. The summed E-state index contributed by atoms with van der Waals surface area (Å²) in [7, 11) is 0. The fourth-order valence-electron chi connectivity index (χ4n) is 1.69. The van der Waals surface area contributed by atoms with E-state index in [4.69, 9.17) is 5.11 Å². The number of aliphatic hydroxyl groups is 1. The van der Waals surface area contributed by atoms with Crippen LogP contribution in [0.25, 0.3) is 11.4 Å². The van der Waals surface area contributed by atoms with Crippen molar-refractivity contribution in [1.82, 2.24) is 20.2 Å². The Labute approximate surface area is 106 Å². The molecule has 0 aliphatic carbocycles. The molecule has 0 saturated carbocycles. The standard InChI is InChI=1S/C11H11F3N4O/c12-11(13,14)9-5-2-1-4-8(9)10-15-16-17-18(10)6-3-7-19/h1-2,4-5,19H,3,6-7H2. The SMILES string of the molecule is OCCCn1nnnc1-c1ccccc1C(F)(F)F. The van der Waals surface area contributed by atoms with Crippen molar-refractivity contribution in [3.05, 3.63) is 29.8 Å². The fraction of sp³-hybridized carbons (Fsp3) is 0.364. The van der Waals surface area contributed by atoms with E-state index in [1.165, 1.54) is 22.9 Å². The summed E-state index contributed by atoms with van der Waals surface area (Å²) in [6, 6.07) is 5.12. The van der Waals surface area contributed by atoms with Crippen molar-refractivity contribution in [2.24, 2.45) is 0 Å². The molecule has 5 nitrogen and oxygen atoms in total. The maximum atomic E-state index is 12.9. The molecule has 1 heterocycles. The number of benzene rings is 1. The summed E-state index contributed by atoms with van der Waals surface area (Å²) in [5.74, 6) is 0.0429. The van der Waals surface area contributed by atoms with Crippen molar-refractivity contribution in [3.8, 4) is 11.4 Å². The molecule has 8 heteroatoms. The molecule has 0 unspecified atom stereocenters. The van der Waals surface area contributed by atoms with Gasteiger partial charge in [0.15, 0.2) is 5.82 Å². The lowest BCUT2D eigenvalue weighted by Crippen LogP contribution is -2.10. The Bertz CT molecular complexity index is 553. The van der Waals surface area contributed by atoms with Crippen LogP contribution in [0, 0.1) is 0 Å². The van der Waals surface area contributed by atoms with E-state index >= 15 is 0 Å². The van der Waals surface area contributed by atoms with E-state index in [1.807, 2.05) is 0 Å². The van der Waals surface area contributed by atoms with Gasteiger partial charge in [-0.05, 0) is 22.9 Å². The molecule has 2 aromatic rings. The van der Waals surface area contributed by atoms with Gasteiger partial charge >= 0.3 is 6.18 Å². The zero-order chi connectivity index (χ0) is 13.9. The number of alkyl halides is 3. The molecule has 0 spiro atoms. The number of hydrogen-bond donors (Lipinski definition) is 1. The van der Waals surface area contributed by atoms with Crippen molar-refractivity contribution in [1.29, 1.82) is 0 Å². The van der Waals surface area contributed by atoms with Crippen molar-refractivity contribution in [2.45, 2.75) is 19.1 Å². The molecule has 0 fully saturated rings. The van der Waals surface area contributed by atoms with Crippen LogP contribution in [-0.2, 0) is 12.7 Å². The van der Waals surface area contributed by atoms with Crippen LogP contribution < -0.4 is 0 Å². The third kappa shape index (κ3) is 2.90. The van der Waals surface area contributed by atoms with Gasteiger partial charge in [0.05, 0.1) is 5.56 Å². The molecule has 0 aliphatic heterocycles. The number of hydrogen-bond acceptors (Lipinski definition) is 4. The predicted octanol–water partition coefficient (Wildman–Crippen LogP) is 1.74. The molecule has 0 aliphatic rings. The first kappa shape index (κ1) is 13.5. The number of rotatable bonds is 4. The fourth-order valence-corrected chi connectivity index (χ4v) is 1.69. The van der Waals surface area contributed by atoms with Crippen LogP contribution in [-0.4, -0.2) is 31.9 Å². The minimum absolute atomic E-state index is 0.0429. The topological polar surface area (TPSA) is 63.8 Å². The van der Waals surface area contributed by atoms with Crippen LogP contribution in [0.5, 0.6) is 0 Å². The molecule has 1 aromatic carbocycles. The summed E-state index contributed by atoms with van der Waals surface area (Å²) >= 11 is 0. The molecule has 1 N–H and O–H groups in total. The Morgan fingerprint density at radius 1 is 1.21 bits per heavy atom. The van der Waals surface area contributed by atoms with Crippen molar-refractivity contribution >= 4 is 0 Å². The maximum Gasteiger partial charge on any atom is 0.417 e. The maximum absolute atomic E-state index is 12.9. The second-order valence-electron chi connectivity index (χ2n) is 3.85. The normalized spacial score (nSPS) is 11.8.